The van der Waals surface area contributed by atoms with Crippen LogP contribution in [-0.2, 0) is 10.2 Å². The molecule has 2 saturated carbocycles. The van der Waals surface area contributed by atoms with Crippen LogP contribution in [0.5, 0.6) is 5.75 Å². The van der Waals surface area contributed by atoms with Crippen LogP contribution in [0.2, 0.25) is 0 Å². The van der Waals surface area contributed by atoms with Gasteiger partial charge >= 0.3 is 5.97 Å². The second-order valence-electron chi connectivity index (χ2n) is 5.12. The molecule has 0 spiro atoms. The molecule has 1 aromatic rings. The van der Waals surface area contributed by atoms with E-state index in [0.29, 0.717) is 5.92 Å². The van der Waals surface area contributed by atoms with Gasteiger partial charge in [0.1, 0.15) is 5.75 Å². The maximum atomic E-state index is 11.3. The molecule has 3 rings (SSSR count). The van der Waals surface area contributed by atoms with Crippen molar-refractivity contribution in [3.63, 3.8) is 0 Å². The molecule has 90 valence electrons. The van der Waals surface area contributed by atoms with Crippen LogP contribution in [0.4, 0.5) is 0 Å². The van der Waals surface area contributed by atoms with Gasteiger partial charge in [-0.25, -0.2) is 0 Å². The molecule has 0 atom stereocenters. The molecule has 0 aliphatic heterocycles. The molecule has 3 nitrogen and oxygen atoms in total. The molecule has 2 aliphatic carbocycles. The molecule has 0 radical (unpaired) electrons. The lowest BCUT2D eigenvalue weighted by Gasteiger charge is -2.14. The lowest BCUT2D eigenvalue weighted by atomic mass is 9.94. The zero-order valence-electron chi connectivity index (χ0n) is 9.90. The fraction of sp³-hybridized carbons (Fsp3) is 0.500. The fourth-order valence-corrected chi connectivity index (χ4v) is 2.49. The van der Waals surface area contributed by atoms with Crippen LogP contribution in [0.15, 0.2) is 18.2 Å². The van der Waals surface area contributed by atoms with Crippen LogP contribution in [0, 0.1) is 0 Å². The molecule has 0 amide bonds. The van der Waals surface area contributed by atoms with E-state index < -0.39 is 11.4 Å². The number of carbonyl (C=O) groups is 1. The lowest BCUT2D eigenvalue weighted by Crippen LogP contribution is -2.19. The van der Waals surface area contributed by atoms with Gasteiger partial charge in [-0.15, -0.1) is 0 Å². The molecular weight excluding hydrogens is 216 g/mol. The molecule has 2 aliphatic rings. The number of hydrogen-bond acceptors (Lipinski definition) is 2. The van der Waals surface area contributed by atoms with Crippen molar-refractivity contribution < 1.29 is 14.6 Å². The first-order valence-corrected chi connectivity index (χ1v) is 6.09. The zero-order chi connectivity index (χ0) is 12.0. The van der Waals surface area contributed by atoms with E-state index >= 15 is 0 Å². The summed E-state index contributed by atoms with van der Waals surface area (Å²) >= 11 is 0. The zero-order valence-corrected chi connectivity index (χ0v) is 9.90. The molecule has 0 saturated heterocycles. The molecule has 0 unspecified atom stereocenters. The number of carboxylic acids is 1. The minimum absolute atomic E-state index is 0.624. The average Bonchev–Trinajstić information content (AvgIpc) is 3.17. The first-order chi connectivity index (χ1) is 8.17. The summed E-state index contributed by atoms with van der Waals surface area (Å²) in [7, 11) is 1.66. The molecule has 0 aromatic heterocycles. The number of methoxy groups -OCH3 is 1. The number of ether oxygens (including phenoxy) is 1. The number of rotatable bonds is 4. The third kappa shape index (κ3) is 1.61. The van der Waals surface area contributed by atoms with Crippen LogP contribution < -0.4 is 4.74 Å². The molecule has 1 N–H and O–H groups in total. The molecule has 17 heavy (non-hydrogen) atoms. The number of benzene rings is 1. The van der Waals surface area contributed by atoms with Gasteiger partial charge in [0.2, 0.25) is 0 Å². The quantitative estimate of drug-likeness (QED) is 0.868. The monoisotopic (exact) mass is 232 g/mol. The maximum Gasteiger partial charge on any atom is 0.314 e. The number of aliphatic carboxylic acids is 1. The highest BCUT2D eigenvalue weighted by molar-refractivity contribution is 5.85. The van der Waals surface area contributed by atoms with Crippen molar-refractivity contribution in [1.29, 1.82) is 0 Å². The van der Waals surface area contributed by atoms with E-state index in [1.54, 1.807) is 7.11 Å². The summed E-state index contributed by atoms with van der Waals surface area (Å²) in [5, 5.41) is 9.27. The molecule has 0 bridgehead atoms. The number of hydrogen-bond donors (Lipinski definition) is 1. The minimum atomic E-state index is -0.710. The lowest BCUT2D eigenvalue weighted by molar-refractivity contribution is -0.140. The van der Waals surface area contributed by atoms with Crippen LogP contribution >= 0.6 is 0 Å². The van der Waals surface area contributed by atoms with Crippen LogP contribution in [-0.4, -0.2) is 18.2 Å². The van der Waals surface area contributed by atoms with Gasteiger partial charge in [-0.05, 0) is 48.8 Å². The van der Waals surface area contributed by atoms with Crippen molar-refractivity contribution in [2.45, 2.75) is 37.0 Å². The summed E-state index contributed by atoms with van der Waals surface area (Å²) in [6.45, 7) is 0. The highest BCUT2D eigenvalue weighted by Crippen LogP contribution is 2.51. The Labute approximate surface area is 100 Å². The third-order valence-electron chi connectivity index (χ3n) is 3.96. The van der Waals surface area contributed by atoms with Gasteiger partial charge in [0.15, 0.2) is 0 Å². The first kappa shape index (κ1) is 10.6. The highest BCUT2D eigenvalue weighted by atomic mass is 16.5. The predicted molar refractivity (Wildman–Crippen MR) is 63.5 cm³/mol. The van der Waals surface area contributed by atoms with Gasteiger partial charge < -0.3 is 9.84 Å². The van der Waals surface area contributed by atoms with E-state index in [1.165, 1.54) is 18.4 Å². The van der Waals surface area contributed by atoms with Crippen LogP contribution in [0.3, 0.4) is 0 Å². The third-order valence-corrected chi connectivity index (χ3v) is 3.96. The van der Waals surface area contributed by atoms with Gasteiger partial charge in [0.25, 0.3) is 0 Å². The van der Waals surface area contributed by atoms with Gasteiger partial charge in [-0.2, -0.15) is 0 Å². The van der Waals surface area contributed by atoms with E-state index in [1.807, 2.05) is 12.1 Å². The van der Waals surface area contributed by atoms with Crippen molar-refractivity contribution in [1.82, 2.24) is 0 Å². The number of carboxylic acid groups (broad SMARTS) is 1. The van der Waals surface area contributed by atoms with Crippen molar-refractivity contribution >= 4 is 5.97 Å². The Morgan fingerprint density at radius 2 is 2.12 bits per heavy atom. The normalized spacial score (nSPS) is 21.0. The smallest absolute Gasteiger partial charge is 0.314 e. The Bertz CT molecular complexity index is 470. The van der Waals surface area contributed by atoms with Gasteiger partial charge in [0, 0.05) is 0 Å². The highest BCUT2D eigenvalue weighted by Gasteiger charge is 2.52. The van der Waals surface area contributed by atoms with Crippen molar-refractivity contribution in [2.75, 3.05) is 7.11 Å². The van der Waals surface area contributed by atoms with Crippen LogP contribution in [0.1, 0.15) is 42.7 Å². The standard InChI is InChI=1S/C14H16O3/c1-17-12-8-10(14(6-7-14)13(15)16)4-5-11(12)9-2-3-9/h4-5,8-9H,2-3,6-7H2,1H3,(H,15,16). The van der Waals surface area contributed by atoms with E-state index in [-0.39, 0.29) is 0 Å². The molecule has 2 fully saturated rings. The van der Waals surface area contributed by atoms with Crippen LogP contribution in [0.25, 0.3) is 0 Å². The maximum absolute atomic E-state index is 11.3. The first-order valence-electron chi connectivity index (χ1n) is 6.09. The second-order valence-corrected chi connectivity index (χ2v) is 5.12. The largest absolute Gasteiger partial charge is 0.496 e. The minimum Gasteiger partial charge on any atom is -0.496 e. The second kappa shape index (κ2) is 3.49. The van der Waals surface area contributed by atoms with E-state index in [4.69, 9.17) is 4.74 Å². The van der Waals surface area contributed by atoms with Crippen molar-refractivity contribution in [3.8, 4) is 5.75 Å². The molecule has 3 heteroatoms. The summed E-state index contributed by atoms with van der Waals surface area (Å²) in [5.41, 5.74) is 1.50. The van der Waals surface area contributed by atoms with Crippen molar-refractivity contribution in [2.24, 2.45) is 0 Å². The Kier molecular flexibility index (Phi) is 2.18. The summed E-state index contributed by atoms with van der Waals surface area (Å²) < 4.78 is 5.40. The average molecular weight is 232 g/mol. The molecular formula is C14H16O3. The summed E-state index contributed by atoms with van der Waals surface area (Å²) in [6, 6.07) is 5.95. The Balaban J connectivity index is 1.99. The van der Waals surface area contributed by atoms with Crippen molar-refractivity contribution in [3.05, 3.63) is 29.3 Å². The fourth-order valence-electron chi connectivity index (χ4n) is 2.49. The summed E-state index contributed by atoms with van der Waals surface area (Å²) in [5.74, 6) is 0.773. The van der Waals surface area contributed by atoms with E-state index in [2.05, 4.69) is 6.07 Å². The Morgan fingerprint density at radius 1 is 1.41 bits per heavy atom. The SMILES string of the molecule is COc1cc(C2(C(=O)O)CC2)ccc1C1CC1. The molecule has 1 aromatic carbocycles. The molecule has 0 heterocycles. The van der Waals surface area contributed by atoms with E-state index in [9.17, 15) is 9.90 Å². The van der Waals surface area contributed by atoms with E-state index in [0.717, 1.165) is 24.2 Å². The predicted octanol–water partition coefficient (Wildman–Crippen LogP) is 2.69. The summed E-state index contributed by atoms with van der Waals surface area (Å²) in [6.07, 6.45) is 3.93. The summed E-state index contributed by atoms with van der Waals surface area (Å²) in [4.78, 5) is 11.3. The Hall–Kier alpha value is -1.51. The van der Waals surface area contributed by atoms with Gasteiger partial charge in [-0.3, -0.25) is 4.79 Å². The van der Waals surface area contributed by atoms with Gasteiger partial charge in [0.05, 0.1) is 12.5 Å². The van der Waals surface area contributed by atoms with Gasteiger partial charge in [-0.1, -0.05) is 12.1 Å². The topological polar surface area (TPSA) is 46.5 Å². The Morgan fingerprint density at radius 3 is 2.59 bits per heavy atom.